The van der Waals surface area contributed by atoms with Gasteiger partial charge in [0, 0.05) is 53.7 Å². The summed E-state index contributed by atoms with van der Waals surface area (Å²) in [6.07, 6.45) is 1.89. The van der Waals surface area contributed by atoms with Crippen LogP contribution >= 0.6 is 0 Å². The van der Waals surface area contributed by atoms with Gasteiger partial charge in [-0.15, -0.1) is 0 Å². The van der Waals surface area contributed by atoms with Gasteiger partial charge in [-0.2, -0.15) is 0 Å². The number of nitrogens with zero attached hydrogens (tertiary/aromatic N) is 1. The lowest BCUT2D eigenvalue weighted by Crippen LogP contribution is -2.67. The standard InChI is InChI=1S/C19H24N2O3/c1-9-14(7-22)11-5-18-19-13(6-17(21(9)18)15(11)8-23)12-4-10(24)2-3-16(12)20-19/h2-4,9,11,14-15,17-18,20,22-24H,5-8H2,1H3/t9-,11+,14-,15?,17-,18-/m1/s1. The predicted octanol–water partition coefficient (Wildman–Crippen LogP) is 1.78. The van der Waals surface area contributed by atoms with Crippen LogP contribution in [0.4, 0.5) is 0 Å². The van der Waals surface area contributed by atoms with Crippen molar-refractivity contribution in [2.75, 3.05) is 13.2 Å². The molecule has 1 aromatic carbocycles. The van der Waals surface area contributed by atoms with Crippen molar-refractivity contribution in [3.63, 3.8) is 0 Å². The molecule has 5 heterocycles. The first kappa shape index (κ1) is 14.8. The van der Waals surface area contributed by atoms with Crippen LogP contribution in [0.2, 0.25) is 0 Å². The maximum atomic E-state index is 10.0. The Morgan fingerprint density at radius 1 is 1.21 bits per heavy atom. The first-order chi connectivity index (χ1) is 11.6. The van der Waals surface area contributed by atoms with Crippen molar-refractivity contribution >= 4 is 10.9 Å². The Morgan fingerprint density at radius 2 is 2.00 bits per heavy atom. The van der Waals surface area contributed by atoms with Crippen molar-refractivity contribution in [3.8, 4) is 5.75 Å². The molecule has 0 radical (unpaired) electrons. The topological polar surface area (TPSA) is 79.7 Å². The molecule has 0 aliphatic carbocycles. The van der Waals surface area contributed by atoms with Crippen LogP contribution in [0.3, 0.4) is 0 Å². The number of H-pyrrole nitrogens is 1. The second-order valence-corrected chi connectivity index (χ2v) is 7.81. The van der Waals surface area contributed by atoms with Gasteiger partial charge >= 0.3 is 0 Å². The number of aliphatic hydroxyl groups excluding tert-OH is 2. The van der Waals surface area contributed by atoms with E-state index in [1.807, 2.05) is 12.1 Å². The highest BCUT2D eigenvalue weighted by molar-refractivity contribution is 5.86. The Kier molecular flexibility index (Phi) is 3.06. The summed E-state index contributed by atoms with van der Waals surface area (Å²) in [5.74, 6) is 1.16. The Bertz CT molecular complexity index is 801. The average molecular weight is 328 g/mol. The summed E-state index contributed by atoms with van der Waals surface area (Å²) in [6, 6.07) is 6.52. The zero-order valence-electron chi connectivity index (χ0n) is 13.8. The Balaban J connectivity index is 1.68. The van der Waals surface area contributed by atoms with Gasteiger partial charge in [-0.05, 0) is 49.4 Å². The predicted molar refractivity (Wildman–Crippen MR) is 90.8 cm³/mol. The van der Waals surface area contributed by atoms with E-state index in [-0.39, 0.29) is 25.0 Å². The van der Waals surface area contributed by atoms with Crippen molar-refractivity contribution < 1.29 is 15.3 Å². The molecule has 2 aromatic rings. The van der Waals surface area contributed by atoms with Gasteiger partial charge in [-0.25, -0.2) is 0 Å². The first-order valence-corrected chi connectivity index (χ1v) is 8.96. The first-order valence-electron chi connectivity index (χ1n) is 8.96. The van der Waals surface area contributed by atoms with E-state index >= 15 is 0 Å². The Hall–Kier alpha value is -1.56. The van der Waals surface area contributed by atoms with E-state index in [2.05, 4.69) is 16.8 Å². The van der Waals surface area contributed by atoms with Crippen molar-refractivity contribution in [2.24, 2.45) is 17.8 Å². The minimum atomic E-state index is 0.185. The van der Waals surface area contributed by atoms with Gasteiger partial charge in [0.1, 0.15) is 5.75 Å². The van der Waals surface area contributed by atoms with E-state index in [1.165, 1.54) is 11.3 Å². The van der Waals surface area contributed by atoms with Gasteiger partial charge in [-0.1, -0.05) is 0 Å². The number of aromatic nitrogens is 1. The molecule has 6 rings (SSSR count). The van der Waals surface area contributed by atoms with Crippen molar-refractivity contribution in [1.29, 1.82) is 0 Å². The minimum absolute atomic E-state index is 0.185. The molecule has 7 atom stereocenters. The molecule has 0 amide bonds. The average Bonchev–Trinajstić information content (AvgIpc) is 2.93. The lowest BCUT2D eigenvalue weighted by molar-refractivity contribution is -0.154. The summed E-state index contributed by atoms with van der Waals surface area (Å²) in [4.78, 5) is 6.13. The number of phenols is 1. The molecule has 5 nitrogen and oxygen atoms in total. The SMILES string of the molecule is C[C@@H]1[C@@H](CO)[C@@H]2C[C@@H]3c4[nH]c5ccc(O)cc5c4C[C@H](C2CO)N31. The van der Waals surface area contributed by atoms with Crippen LogP contribution in [0, 0.1) is 17.8 Å². The van der Waals surface area contributed by atoms with E-state index < -0.39 is 0 Å². The second-order valence-electron chi connectivity index (χ2n) is 7.81. The van der Waals surface area contributed by atoms with Crippen molar-refractivity contribution in [2.45, 2.75) is 37.9 Å². The smallest absolute Gasteiger partial charge is 0.116 e. The summed E-state index contributed by atoms with van der Waals surface area (Å²) in [5.41, 5.74) is 3.66. The molecule has 4 aliphatic rings. The molecule has 4 bridgehead atoms. The highest BCUT2D eigenvalue weighted by Gasteiger charge is 2.57. The van der Waals surface area contributed by atoms with Crippen LogP contribution in [0.25, 0.3) is 10.9 Å². The van der Waals surface area contributed by atoms with Gasteiger partial charge in [0.25, 0.3) is 0 Å². The van der Waals surface area contributed by atoms with Crippen LogP contribution in [-0.2, 0) is 6.42 Å². The van der Waals surface area contributed by atoms with Gasteiger partial charge in [0.2, 0.25) is 0 Å². The molecule has 1 aromatic heterocycles. The van der Waals surface area contributed by atoms with Crippen LogP contribution in [-0.4, -0.2) is 50.5 Å². The molecular formula is C19H24N2O3. The minimum Gasteiger partial charge on any atom is -0.508 e. The lowest BCUT2D eigenvalue weighted by atomic mass is 9.60. The molecule has 24 heavy (non-hydrogen) atoms. The van der Waals surface area contributed by atoms with Crippen LogP contribution in [0.1, 0.15) is 30.6 Å². The number of nitrogens with one attached hydrogen (secondary N) is 1. The van der Waals surface area contributed by atoms with Crippen LogP contribution in [0.15, 0.2) is 18.2 Å². The second kappa shape index (κ2) is 4.97. The van der Waals surface area contributed by atoms with Gasteiger partial charge in [0.05, 0.1) is 6.04 Å². The third-order valence-corrected chi connectivity index (χ3v) is 7.01. The van der Waals surface area contributed by atoms with Gasteiger partial charge < -0.3 is 20.3 Å². The highest BCUT2D eigenvalue weighted by Crippen LogP contribution is 2.56. The number of benzene rings is 1. The summed E-state index contributed by atoms with van der Waals surface area (Å²) in [5, 5.41) is 30.9. The van der Waals surface area contributed by atoms with Gasteiger partial charge in [-0.3, -0.25) is 4.90 Å². The van der Waals surface area contributed by atoms with E-state index in [9.17, 15) is 15.3 Å². The molecule has 3 saturated heterocycles. The fraction of sp³-hybridized carbons (Fsp3) is 0.579. The number of hydrogen-bond donors (Lipinski definition) is 4. The van der Waals surface area contributed by atoms with E-state index in [0.29, 0.717) is 29.8 Å². The normalized spacial score (nSPS) is 40.0. The molecular weight excluding hydrogens is 304 g/mol. The largest absolute Gasteiger partial charge is 0.508 e. The monoisotopic (exact) mass is 328 g/mol. The molecule has 2 unspecified atom stereocenters. The molecule has 4 aliphatic heterocycles. The van der Waals surface area contributed by atoms with Crippen molar-refractivity contribution in [1.82, 2.24) is 9.88 Å². The summed E-state index contributed by atoms with van der Waals surface area (Å²) >= 11 is 0. The quantitative estimate of drug-likeness (QED) is 0.677. The summed E-state index contributed by atoms with van der Waals surface area (Å²) in [7, 11) is 0. The number of hydrogen-bond acceptors (Lipinski definition) is 4. The maximum absolute atomic E-state index is 10.0. The zero-order chi connectivity index (χ0) is 16.6. The molecule has 5 heteroatoms. The highest BCUT2D eigenvalue weighted by atomic mass is 16.3. The van der Waals surface area contributed by atoms with Gasteiger partial charge in [0.15, 0.2) is 0 Å². The van der Waals surface area contributed by atoms with Crippen LogP contribution < -0.4 is 0 Å². The fourth-order valence-electron chi connectivity index (χ4n) is 5.99. The Labute approximate surface area is 140 Å². The number of phenolic OH excluding ortho intramolecular Hbond substituents is 1. The van der Waals surface area contributed by atoms with E-state index in [4.69, 9.17) is 0 Å². The molecule has 4 N–H and O–H groups in total. The molecule has 0 spiro atoms. The number of aromatic amines is 1. The number of piperidine rings is 3. The lowest BCUT2D eigenvalue weighted by Gasteiger charge is -2.63. The maximum Gasteiger partial charge on any atom is 0.116 e. The number of aliphatic hydroxyl groups is 2. The van der Waals surface area contributed by atoms with E-state index in [1.54, 1.807) is 6.07 Å². The molecule has 0 saturated carbocycles. The summed E-state index contributed by atoms with van der Waals surface area (Å²) < 4.78 is 0. The van der Waals surface area contributed by atoms with Crippen LogP contribution in [0.5, 0.6) is 5.75 Å². The third kappa shape index (κ3) is 1.70. The number of rotatable bonds is 2. The number of aromatic hydroxyl groups is 1. The Morgan fingerprint density at radius 3 is 2.75 bits per heavy atom. The number of fused-ring (bicyclic) bond motifs is 4. The molecule has 3 fully saturated rings. The third-order valence-electron chi connectivity index (χ3n) is 7.01. The fourth-order valence-corrected chi connectivity index (χ4v) is 5.99. The molecule has 128 valence electrons. The zero-order valence-corrected chi connectivity index (χ0v) is 13.8. The van der Waals surface area contributed by atoms with E-state index in [0.717, 1.165) is 23.7 Å². The summed E-state index contributed by atoms with van der Waals surface area (Å²) in [6.45, 7) is 2.61. The van der Waals surface area contributed by atoms with Crippen molar-refractivity contribution in [3.05, 3.63) is 29.5 Å².